The summed E-state index contributed by atoms with van der Waals surface area (Å²) < 4.78 is 0. The minimum absolute atomic E-state index is 0.0256. The summed E-state index contributed by atoms with van der Waals surface area (Å²) >= 11 is 13.3. The van der Waals surface area contributed by atoms with Gasteiger partial charge < -0.3 is 5.32 Å². The van der Waals surface area contributed by atoms with E-state index in [2.05, 4.69) is 15.8 Å². The Morgan fingerprint density at radius 2 is 1.96 bits per heavy atom. The van der Waals surface area contributed by atoms with Gasteiger partial charge in [0.25, 0.3) is 0 Å². The minimum Gasteiger partial charge on any atom is -0.325 e. The summed E-state index contributed by atoms with van der Waals surface area (Å²) in [5.41, 5.74) is 3.95. The SMILES string of the molecule is Cc1ccsc1/C=N/NC(=O)CCC(=O)Nc1ccc(Cl)cc1Cl. The first-order valence-electron chi connectivity index (χ1n) is 7.06. The molecule has 8 heteroatoms. The number of hydrogen-bond donors (Lipinski definition) is 2. The van der Waals surface area contributed by atoms with Crippen LogP contribution >= 0.6 is 34.5 Å². The minimum atomic E-state index is -0.335. The zero-order valence-electron chi connectivity index (χ0n) is 12.8. The third-order valence-electron chi connectivity index (χ3n) is 3.06. The number of hydrazone groups is 1. The van der Waals surface area contributed by atoms with Crippen LogP contribution in [0.2, 0.25) is 10.0 Å². The molecule has 0 spiro atoms. The molecule has 0 bridgehead atoms. The standard InChI is InChI=1S/C16H15Cl2N3O2S/c1-10-6-7-24-14(10)9-19-21-16(23)5-4-15(22)20-13-3-2-11(17)8-12(13)18/h2-3,6-9H,4-5H2,1H3,(H,20,22)(H,21,23)/b19-9+. The Bertz CT molecular complexity index is 774. The molecule has 2 amide bonds. The number of nitrogens with zero attached hydrogens (tertiary/aromatic N) is 1. The van der Waals surface area contributed by atoms with Crippen molar-refractivity contribution in [3.05, 3.63) is 50.1 Å². The Morgan fingerprint density at radius 3 is 2.62 bits per heavy atom. The lowest BCUT2D eigenvalue weighted by Crippen LogP contribution is -2.20. The van der Waals surface area contributed by atoms with E-state index in [1.165, 1.54) is 17.4 Å². The lowest BCUT2D eigenvalue weighted by atomic mass is 10.2. The number of aryl methyl sites for hydroxylation is 1. The van der Waals surface area contributed by atoms with Gasteiger partial charge in [0, 0.05) is 22.7 Å². The largest absolute Gasteiger partial charge is 0.325 e. The van der Waals surface area contributed by atoms with Gasteiger partial charge in [0.05, 0.1) is 16.9 Å². The maximum absolute atomic E-state index is 11.8. The van der Waals surface area contributed by atoms with E-state index in [-0.39, 0.29) is 24.7 Å². The number of rotatable bonds is 6. The Hall–Kier alpha value is -1.89. The molecule has 24 heavy (non-hydrogen) atoms. The average Bonchev–Trinajstić information content (AvgIpc) is 2.93. The summed E-state index contributed by atoms with van der Waals surface area (Å²) in [6.45, 7) is 1.96. The molecular formula is C16H15Cl2N3O2S. The van der Waals surface area contributed by atoms with Crippen molar-refractivity contribution in [1.82, 2.24) is 5.43 Å². The third kappa shape index (κ3) is 5.63. The van der Waals surface area contributed by atoms with E-state index >= 15 is 0 Å². The van der Waals surface area contributed by atoms with E-state index in [1.54, 1.807) is 18.3 Å². The molecule has 0 aliphatic rings. The van der Waals surface area contributed by atoms with Gasteiger partial charge in [-0.25, -0.2) is 5.43 Å². The van der Waals surface area contributed by atoms with Gasteiger partial charge in [-0.05, 0) is 42.1 Å². The molecule has 0 aliphatic carbocycles. The van der Waals surface area contributed by atoms with Gasteiger partial charge in [-0.1, -0.05) is 23.2 Å². The highest BCUT2D eigenvalue weighted by Gasteiger charge is 2.09. The molecule has 1 aromatic carbocycles. The highest BCUT2D eigenvalue weighted by molar-refractivity contribution is 7.11. The Morgan fingerprint density at radius 1 is 1.21 bits per heavy atom. The van der Waals surface area contributed by atoms with Crippen molar-refractivity contribution in [3.63, 3.8) is 0 Å². The summed E-state index contributed by atoms with van der Waals surface area (Å²) in [6.07, 6.45) is 1.64. The molecule has 2 aromatic rings. The number of hydrogen-bond acceptors (Lipinski definition) is 4. The van der Waals surface area contributed by atoms with Gasteiger partial charge in [-0.15, -0.1) is 11.3 Å². The first kappa shape index (κ1) is 18.4. The number of thiophene rings is 1. The number of benzene rings is 1. The van der Waals surface area contributed by atoms with Crippen LogP contribution in [-0.2, 0) is 9.59 Å². The molecule has 1 aromatic heterocycles. The molecule has 1 heterocycles. The Balaban J connectivity index is 1.76. The molecule has 0 aliphatic heterocycles. The van der Waals surface area contributed by atoms with E-state index in [1.807, 2.05) is 18.4 Å². The molecular weight excluding hydrogens is 369 g/mol. The third-order valence-corrected chi connectivity index (χ3v) is 4.56. The van der Waals surface area contributed by atoms with E-state index in [0.717, 1.165) is 10.4 Å². The number of amides is 2. The normalized spacial score (nSPS) is 10.8. The molecule has 2 N–H and O–H groups in total. The molecule has 0 fully saturated rings. The maximum atomic E-state index is 11.8. The van der Waals surface area contributed by atoms with Crippen LogP contribution in [0, 0.1) is 6.92 Å². The molecule has 2 rings (SSSR count). The number of anilines is 1. The smallest absolute Gasteiger partial charge is 0.240 e. The second kappa shape index (κ2) is 8.82. The highest BCUT2D eigenvalue weighted by atomic mass is 35.5. The van der Waals surface area contributed by atoms with Crippen molar-refractivity contribution in [1.29, 1.82) is 0 Å². The van der Waals surface area contributed by atoms with Crippen LogP contribution in [0.3, 0.4) is 0 Å². The van der Waals surface area contributed by atoms with Crippen LogP contribution < -0.4 is 10.7 Å². The fourth-order valence-corrected chi connectivity index (χ4v) is 3.01. The van der Waals surface area contributed by atoms with Crippen LogP contribution in [0.25, 0.3) is 0 Å². The topological polar surface area (TPSA) is 70.6 Å². The summed E-state index contributed by atoms with van der Waals surface area (Å²) in [4.78, 5) is 24.5. The lowest BCUT2D eigenvalue weighted by molar-refractivity contribution is -0.124. The van der Waals surface area contributed by atoms with Crippen molar-refractivity contribution in [2.24, 2.45) is 5.10 Å². The zero-order chi connectivity index (χ0) is 17.5. The molecule has 0 atom stereocenters. The van der Waals surface area contributed by atoms with Crippen LogP contribution in [0.1, 0.15) is 23.3 Å². The second-order valence-corrected chi connectivity index (χ2v) is 6.72. The predicted octanol–water partition coefficient (Wildman–Crippen LogP) is 4.23. The van der Waals surface area contributed by atoms with E-state index < -0.39 is 0 Å². The first-order chi connectivity index (χ1) is 11.5. The van der Waals surface area contributed by atoms with Gasteiger partial charge in [0.15, 0.2) is 0 Å². The first-order valence-corrected chi connectivity index (χ1v) is 8.70. The molecule has 126 valence electrons. The second-order valence-electron chi connectivity index (χ2n) is 4.93. The van der Waals surface area contributed by atoms with Crippen LogP contribution in [0.5, 0.6) is 0 Å². The van der Waals surface area contributed by atoms with E-state index in [9.17, 15) is 9.59 Å². The van der Waals surface area contributed by atoms with Gasteiger partial charge in [0.2, 0.25) is 11.8 Å². The number of carbonyl (C=O) groups is 2. The molecule has 5 nitrogen and oxygen atoms in total. The van der Waals surface area contributed by atoms with Gasteiger partial charge in [-0.2, -0.15) is 5.10 Å². The van der Waals surface area contributed by atoms with Crippen LogP contribution in [0.4, 0.5) is 5.69 Å². The molecule has 0 unspecified atom stereocenters. The summed E-state index contributed by atoms with van der Waals surface area (Å²) in [5, 5.41) is 9.29. The van der Waals surface area contributed by atoms with Crippen molar-refractivity contribution in [2.75, 3.05) is 5.32 Å². The summed E-state index contributed by atoms with van der Waals surface area (Å²) in [5.74, 6) is -0.648. The van der Waals surface area contributed by atoms with Crippen molar-refractivity contribution in [2.45, 2.75) is 19.8 Å². The van der Waals surface area contributed by atoms with Gasteiger partial charge >= 0.3 is 0 Å². The monoisotopic (exact) mass is 383 g/mol. The van der Waals surface area contributed by atoms with Crippen LogP contribution in [-0.4, -0.2) is 18.0 Å². The fourth-order valence-electron chi connectivity index (χ4n) is 1.77. The number of halogens is 2. The van der Waals surface area contributed by atoms with E-state index in [4.69, 9.17) is 23.2 Å². The zero-order valence-corrected chi connectivity index (χ0v) is 15.1. The lowest BCUT2D eigenvalue weighted by Gasteiger charge is -2.07. The predicted molar refractivity (Wildman–Crippen MR) is 99.1 cm³/mol. The quantitative estimate of drug-likeness (QED) is 0.578. The Labute approximate surface area is 153 Å². The summed E-state index contributed by atoms with van der Waals surface area (Å²) in [7, 11) is 0. The summed E-state index contributed by atoms with van der Waals surface area (Å²) in [6, 6.07) is 6.74. The maximum Gasteiger partial charge on any atom is 0.240 e. The number of nitrogens with one attached hydrogen (secondary N) is 2. The average molecular weight is 384 g/mol. The van der Waals surface area contributed by atoms with Crippen molar-refractivity contribution >= 4 is 58.3 Å². The molecule has 0 saturated heterocycles. The van der Waals surface area contributed by atoms with Crippen molar-refractivity contribution < 1.29 is 9.59 Å². The van der Waals surface area contributed by atoms with E-state index in [0.29, 0.717) is 15.7 Å². The fraction of sp³-hybridized carbons (Fsp3) is 0.188. The van der Waals surface area contributed by atoms with Gasteiger partial charge in [0.1, 0.15) is 0 Å². The van der Waals surface area contributed by atoms with Gasteiger partial charge in [-0.3, -0.25) is 9.59 Å². The van der Waals surface area contributed by atoms with Crippen molar-refractivity contribution in [3.8, 4) is 0 Å². The number of carbonyl (C=O) groups excluding carboxylic acids is 2. The Kier molecular flexibility index (Phi) is 6.78. The highest BCUT2D eigenvalue weighted by Crippen LogP contribution is 2.25. The molecule has 0 saturated carbocycles. The molecule has 0 radical (unpaired) electrons. The van der Waals surface area contributed by atoms with Crippen LogP contribution in [0.15, 0.2) is 34.7 Å².